The first-order valence-electron chi connectivity index (χ1n) is 6.57. The van der Waals surface area contributed by atoms with Crippen LogP contribution in [-0.4, -0.2) is 7.05 Å². The number of rotatable bonds is 3. The Morgan fingerprint density at radius 3 is 2.39 bits per heavy atom. The van der Waals surface area contributed by atoms with Gasteiger partial charge in [0, 0.05) is 10.9 Å². The van der Waals surface area contributed by atoms with E-state index in [0.717, 1.165) is 0 Å². The summed E-state index contributed by atoms with van der Waals surface area (Å²) in [6.45, 7) is 2.18. The molecule has 0 radical (unpaired) electrons. The summed E-state index contributed by atoms with van der Waals surface area (Å²) < 4.78 is 0. The molecule has 2 aromatic rings. The molecular formula is C16H19NS. The normalized spacial score (nSPS) is 16.8. The molecule has 1 atom stereocenters. The van der Waals surface area contributed by atoms with E-state index in [1.165, 1.54) is 34.4 Å². The van der Waals surface area contributed by atoms with Gasteiger partial charge in [-0.2, -0.15) is 0 Å². The molecule has 1 heterocycles. The quantitative estimate of drug-likeness (QED) is 0.883. The first kappa shape index (κ1) is 11.9. The van der Waals surface area contributed by atoms with Crippen LogP contribution in [0.15, 0.2) is 35.7 Å². The van der Waals surface area contributed by atoms with Crippen LogP contribution in [0.4, 0.5) is 0 Å². The van der Waals surface area contributed by atoms with Crippen LogP contribution >= 0.6 is 11.3 Å². The minimum Gasteiger partial charge on any atom is -0.313 e. The zero-order valence-corrected chi connectivity index (χ0v) is 11.8. The molecule has 1 N–H and O–H groups in total. The van der Waals surface area contributed by atoms with Gasteiger partial charge in [-0.1, -0.05) is 24.3 Å². The Balaban J connectivity index is 1.83. The molecule has 0 bridgehead atoms. The summed E-state index contributed by atoms with van der Waals surface area (Å²) in [7, 11) is 2.08. The van der Waals surface area contributed by atoms with Crippen LogP contribution in [0.3, 0.4) is 0 Å². The highest BCUT2D eigenvalue weighted by Gasteiger charge is 2.28. The average Bonchev–Trinajstić information content (AvgIpc) is 2.96. The summed E-state index contributed by atoms with van der Waals surface area (Å²) in [6.07, 6.45) is 2.41. The second-order valence-corrected chi connectivity index (χ2v) is 6.31. The summed E-state index contributed by atoms with van der Waals surface area (Å²) in [5.74, 6) is 0.696. The summed E-state index contributed by atoms with van der Waals surface area (Å²) >= 11 is 1.85. The lowest BCUT2D eigenvalue weighted by molar-refractivity contribution is 0.398. The fraction of sp³-hybridized carbons (Fsp3) is 0.375. The molecule has 0 saturated carbocycles. The molecule has 1 aliphatic carbocycles. The molecule has 18 heavy (non-hydrogen) atoms. The highest BCUT2D eigenvalue weighted by atomic mass is 32.1. The predicted molar refractivity (Wildman–Crippen MR) is 78.2 cm³/mol. The van der Waals surface area contributed by atoms with Gasteiger partial charge in [0.05, 0.1) is 0 Å². The minimum atomic E-state index is 0.488. The Morgan fingerprint density at radius 1 is 1.22 bits per heavy atom. The molecule has 1 nitrogen and oxygen atoms in total. The Hall–Kier alpha value is -1.12. The van der Waals surface area contributed by atoms with E-state index in [1.807, 2.05) is 11.3 Å². The Kier molecular flexibility index (Phi) is 3.23. The van der Waals surface area contributed by atoms with E-state index in [2.05, 4.69) is 55.0 Å². The SMILES string of the molecule is CNC(c1csc(C)c1)C1Cc2ccccc2C1. The summed E-state index contributed by atoms with van der Waals surface area (Å²) in [5, 5.41) is 5.82. The molecule has 0 amide bonds. The third-order valence-corrected chi connectivity index (χ3v) is 4.85. The van der Waals surface area contributed by atoms with Crippen molar-refractivity contribution in [1.82, 2.24) is 5.32 Å². The van der Waals surface area contributed by atoms with Gasteiger partial charge in [0.1, 0.15) is 0 Å². The number of thiophene rings is 1. The lowest BCUT2D eigenvalue weighted by atomic mass is 9.92. The van der Waals surface area contributed by atoms with Crippen LogP contribution in [-0.2, 0) is 12.8 Å². The Labute approximate surface area is 113 Å². The zero-order chi connectivity index (χ0) is 12.5. The number of benzene rings is 1. The van der Waals surface area contributed by atoms with Crippen molar-refractivity contribution < 1.29 is 0 Å². The number of nitrogens with one attached hydrogen (secondary N) is 1. The molecule has 1 unspecified atom stereocenters. The van der Waals surface area contributed by atoms with Crippen LogP contribution in [0, 0.1) is 12.8 Å². The predicted octanol–water partition coefficient (Wildman–Crippen LogP) is 3.73. The van der Waals surface area contributed by atoms with Crippen molar-refractivity contribution in [2.75, 3.05) is 7.05 Å². The lowest BCUT2D eigenvalue weighted by Gasteiger charge is -2.22. The lowest BCUT2D eigenvalue weighted by Crippen LogP contribution is -2.25. The van der Waals surface area contributed by atoms with Gasteiger partial charge in [-0.15, -0.1) is 11.3 Å². The summed E-state index contributed by atoms with van der Waals surface area (Å²) in [6, 6.07) is 11.7. The van der Waals surface area contributed by atoms with Crippen molar-refractivity contribution in [3.05, 3.63) is 57.3 Å². The van der Waals surface area contributed by atoms with Gasteiger partial charge in [-0.3, -0.25) is 0 Å². The topological polar surface area (TPSA) is 12.0 Å². The van der Waals surface area contributed by atoms with Gasteiger partial charge in [0.25, 0.3) is 0 Å². The minimum absolute atomic E-state index is 0.488. The first-order valence-corrected chi connectivity index (χ1v) is 7.45. The smallest absolute Gasteiger partial charge is 0.0360 e. The van der Waals surface area contributed by atoms with E-state index in [1.54, 1.807) is 0 Å². The van der Waals surface area contributed by atoms with Crippen molar-refractivity contribution in [2.24, 2.45) is 5.92 Å². The standard InChI is InChI=1S/C16H19NS/c1-11-7-15(10-18-11)16(17-2)14-8-12-5-3-4-6-13(12)9-14/h3-7,10,14,16-17H,8-9H2,1-2H3. The Bertz CT molecular complexity index is 519. The molecule has 0 aliphatic heterocycles. The number of hydrogen-bond donors (Lipinski definition) is 1. The molecule has 0 fully saturated rings. The fourth-order valence-corrected chi connectivity index (χ4v) is 3.87. The van der Waals surface area contributed by atoms with Crippen molar-refractivity contribution in [3.8, 4) is 0 Å². The van der Waals surface area contributed by atoms with Crippen molar-refractivity contribution in [3.63, 3.8) is 0 Å². The van der Waals surface area contributed by atoms with E-state index in [4.69, 9.17) is 0 Å². The molecule has 1 aromatic carbocycles. The van der Waals surface area contributed by atoms with Gasteiger partial charge in [-0.05, 0) is 60.9 Å². The second kappa shape index (κ2) is 4.87. The molecular weight excluding hydrogens is 238 g/mol. The summed E-state index contributed by atoms with van der Waals surface area (Å²) in [5.41, 5.74) is 4.53. The van der Waals surface area contributed by atoms with Gasteiger partial charge < -0.3 is 5.32 Å². The maximum atomic E-state index is 3.52. The zero-order valence-electron chi connectivity index (χ0n) is 10.9. The van der Waals surface area contributed by atoms with Crippen LogP contribution in [0.2, 0.25) is 0 Å². The molecule has 1 aromatic heterocycles. The van der Waals surface area contributed by atoms with Crippen LogP contribution < -0.4 is 5.32 Å². The summed E-state index contributed by atoms with van der Waals surface area (Å²) in [4.78, 5) is 1.40. The van der Waals surface area contributed by atoms with Gasteiger partial charge >= 0.3 is 0 Å². The Morgan fingerprint density at radius 2 is 1.89 bits per heavy atom. The monoisotopic (exact) mass is 257 g/mol. The van der Waals surface area contributed by atoms with Crippen LogP contribution in [0.25, 0.3) is 0 Å². The van der Waals surface area contributed by atoms with E-state index < -0.39 is 0 Å². The van der Waals surface area contributed by atoms with E-state index in [9.17, 15) is 0 Å². The molecule has 3 rings (SSSR count). The fourth-order valence-electron chi connectivity index (χ4n) is 3.13. The number of aryl methyl sites for hydroxylation is 1. The van der Waals surface area contributed by atoms with E-state index >= 15 is 0 Å². The second-order valence-electron chi connectivity index (χ2n) is 5.19. The third kappa shape index (κ3) is 2.11. The van der Waals surface area contributed by atoms with E-state index in [-0.39, 0.29) is 0 Å². The maximum Gasteiger partial charge on any atom is 0.0360 e. The van der Waals surface area contributed by atoms with Crippen LogP contribution in [0.5, 0.6) is 0 Å². The molecule has 0 saturated heterocycles. The maximum absolute atomic E-state index is 3.52. The van der Waals surface area contributed by atoms with Gasteiger partial charge in [-0.25, -0.2) is 0 Å². The molecule has 1 aliphatic rings. The molecule has 0 spiro atoms. The van der Waals surface area contributed by atoms with Gasteiger partial charge in [0.2, 0.25) is 0 Å². The molecule has 94 valence electrons. The first-order chi connectivity index (χ1) is 8.78. The number of fused-ring (bicyclic) bond motifs is 1. The highest BCUT2D eigenvalue weighted by Crippen LogP contribution is 2.36. The van der Waals surface area contributed by atoms with Crippen molar-refractivity contribution in [1.29, 1.82) is 0 Å². The van der Waals surface area contributed by atoms with E-state index in [0.29, 0.717) is 12.0 Å². The highest BCUT2D eigenvalue weighted by molar-refractivity contribution is 7.10. The average molecular weight is 257 g/mol. The number of hydrogen-bond acceptors (Lipinski definition) is 2. The third-order valence-electron chi connectivity index (χ3n) is 3.97. The van der Waals surface area contributed by atoms with Crippen molar-refractivity contribution >= 4 is 11.3 Å². The largest absolute Gasteiger partial charge is 0.313 e. The van der Waals surface area contributed by atoms with Crippen molar-refractivity contribution in [2.45, 2.75) is 25.8 Å². The van der Waals surface area contributed by atoms with Crippen LogP contribution in [0.1, 0.15) is 27.6 Å². The molecule has 2 heteroatoms. The van der Waals surface area contributed by atoms with Gasteiger partial charge in [0.15, 0.2) is 0 Å².